The fraction of sp³-hybridized carbons (Fsp3) is 0.321. The zero-order valence-corrected chi connectivity index (χ0v) is 21.5. The third kappa shape index (κ3) is 5.07. The molecule has 5 rings (SSSR count). The molecule has 2 aliphatic rings. The Balaban J connectivity index is 1.23. The number of aromatic nitrogens is 1. The van der Waals surface area contributed by atoms with Gasteiger partial charge in [0.15, 0.2) is 0 Å². The molecule has 8 heteroatoms. The summed E-state index contributed by atoms with van der Waals surface area (Å²) < 4.78 is 0. The number of likely N-dealkylation sites (tertiary alicyclic amines) is 1. The number of nitrogens with one attached hydrogen (secondary N) is 1. The van der Waals surface area contributed by atoms with E-state index in [1.165, 1.54) is 0 Å². The second kappa shape index (κ2) is 10.3. The fourth-order valence-corrected chi connectivity index (χ4v) is 5.93. The Morgan fingerprint density at radius 1 is 1.03 bits per heavy atom. The second-order valence-electron chi connectivity index (χ2n) is 9.71. The third-order valence-corrected chi connectivity index (χ3v) is 8.21. The van der Waals surface area contributed by atoms with E-state index in [0.717, 1.165) is 62.1 Å². The Hall–Kier alpha value is -3.44. The Bertz CT molecular complexity index is 1250. The van der Waals surface area contributed by atoms with Crippen molar-refractivity contribution in [3.63, 3.8) is 0 Å². The Labute approximate surface area is 213 Å². The Morgan fingerprint density at radius 2 is 1.83 bits per heavy atom. The molecule has 2 fully saturated rings. The summed E-state index contributed by atoms with van der Waals surface area (Å²) >= 11 is 0. The van der Waals surface area contributed by atoms with Crippen molar-refractivity contribution in [2.45, 2.75) is 19.8 Å². The highest BCUT2D eigenvalue weighted by molar-refractivity contribution is 7.57. The fourth-order valence-electron chi connectivity index (χ4n) is 5.21. The van der Waals surface area contributed by atoms with Crippen LogP contribution in [-0.4, -0.2) is 53.8 Å². The number of hydrogen-bond acceptors (Lipinski definition) is 5. The summed E-state index contributed by atoms with van der Waals surface area (Å²) in [4.78, 5) is 34.2. The molecule has 3 heterocycles. The standard InChI is InChI=1S/C28H32N5O2P/c1-2-36-27(35)33-15-13-28(19-33)12-14-32(18-28)25-11-9-22(17-30-25)26(34)31-24-16-21(8-10-23(24)29)20-6-4-3-5-7-20/h3-11,16-17,36H,2,12-15,18-19,29H2,1H3,(H,31,34). The van der Waals surface area contributed by atoms with E-state index in [2.05, 4.69) is 22.1 Å². The van der Waals surface area contributed by atoms with Crippen LogP contribution in [-0.2, 0) is 0 Å². The molecule has 2 atom stereocenters. The maximum Gasteiger partial charge on any atom is 0.257 e. The summed E-state index contributed by atoms with van der Waals surface area (Å²) in [6.07, 6.45) is 4.66. The van der Waals surface area contributed by atoms with Crippen molar-refractivity contribution in [3.8, 4) is 11.1 Å². The maximum atomic E-state index is 12.9. The number of pyridine rings is 1. The molecular weight excluding hydrogens is 469 g/mol. The van der Waals surface area contributed by atoms with Crippen molar-refractivity contribution in [2.75, 3.05) is 48.3 Å². The minimum Gasteiger partial charge on any atom is -0.397 e. The number of carbonyl (C=O) groups is 2. The lowest BCUT2D eigenvalue weighted by atomic mass is 9.86. The van der Waals surface area contributed by atoms with Gasteiger partial charge in [-0.3, -0.25) is 9.59 Å². The first kappa shape index (κ1) is 24.3. The van der Waals surface area contributed by atoms with Gasteiger partial charge < -0.3 is 20.9 Å². The summed E-state index contributed by atoms with van der Waals surface area (Å²) in [6, 6.07) is 19.4. The zero-order valence-electron chi connectivity index (χ0n) is 20.5. The highest BCUT2D eigenvalue weighted by Crippen LogP contribution is 2.42. The van der Waals surface area contributed by atoms with E-state index in [9.17, 15) is 9.59 Å². The largest absolute Gasteiger partial charge is 0.397 e. The van der Waals surface area contributed by atoms with E-state index in [-0.39, 0.29) is 11.3 Å². The number of amides is 2. The minimum atomic E-state index is -0.245. The third-order valence-electron chi connectivity index (χ3n) is 7.23. The van der Waals surface area contributed by atoms with E-state index >= 15 is 0 Å². The quantitative estimate of drug-likeness (QED) is 0.353. The second-order valence-corrected chi connectivity index (χ2v) is 11.2. The molecule has 0 saturated carbocycles. The molecule has 0 bridgehead atoms. The van der Waals surface area contributed by atoms with Crippen LogP contribution >= 0.6 is 8.58 Å². The van der Waals surface area contributed by atoms with Gasteiger partial charge in [0.2, 0.25) is 5.65 Å². The predicted octanol–water partition coefficient (Wildman–Crippen LogP) is 5.30. The molecule has 2 amide bonds. The SMILES string of the molecule is CCPC(=O)N1CCC2(CCN(c3ccc(C(=O)Nc4cc(-c5ccccc5)ccc4N)cn3)C2)C1. The van der Waals surface area contributed by atoms with Gasteiger partial charge in [-0.1, -0.05) is 43.3 Å². The number of nitrogen functional groups attached to an aromatic ring is 1. The topological polar surface area (TPSA) is 91.6 Å². The summed E-state index contributed by atoms with van der Waals surface area (Å²) in [5.74, 6) is 0.625. The van der Waals surface area contributed by atoms with Crippen LogP contribution in [0.25, 0.3) is 11.1 Å². The molecule has 2 unspecified atom stereocenters. The normalized spacial score (nSPS) is 19.5. The molecule has 2 saturated heterocycles. The first-order valence-electron chi connectivity index (χ1n) is 12.5. The average molecular weight is 502 g/mol. The Kier molecular flexibility index (Phi) is 6.92. The molecule has 36 heavy (non-hydrogen) atoms. The number of nitrogens with two attached hydrogens (primary N) is 1. The number of hydrogen-bond donors (Lipinski definition) is 2. The molecule has 1 aromatic heterocycles. The average Bonchev–Trinajstić information content (AvgIpc) is 3.53. The maximum absolute atomic E-state index is 12.9. The van der Waals surface area contributed by atoms with Crippen LogP contribution in [0.15, 0.2) is 66.9 Å². The lowest BCUT2D eigenvalue weighted by molar-refractivity contribution is 0.102. The highest BCUT2D eigenvalue weighted by Gasteiger charge is 2.44. The number of rotatable bonds is 6. The van der Waals surface area contributed by atoms with Gasteiger partial charge in [0, 0.05) is 37.8 Å². The van der Waals surface area contributed by atoms with Gasteiger partial charge in [0.1, 0.15) is 5.82 Å². The van der Waals surface area contributed by atoms with Crippen molar-refractivity contribution >= 4 is 37.3 Å². The van der Waals surface area contributed by atoms with Crippen LogP contribution in [0.3, 0.4) is 0 Å². The molecule has 186 valence electrons. The van der Waals surface area contributed by atoms with E-state index < -0.39 is 0 Å². The number of nitrogens with zero attached hydrogens (tertiary/aromatic N) is 3. The van der Waals surface area contributed by atoms with Gasteiger partial charge in [-0.2, -0.15) is 0 Å². The first-order chi connectivity index (χ1) is 17.5. The zero-order chi connectivity index (χ0) is 25.1. The van der Waals surface area contributed by atoms with Crippen molar-refractivity contribution in [2.24, 2.45) is 5.41 Å². The number of carbonyl (C=O) groups excluding carboxylic acids is 2. The smallest absolute Gasteiger partial charge is 0.257 e. The summed E-state index contributed by atoms with van der Waals surface area (Å²) in [7, 11) is 0.380. The van der Waals surface area contributed by atoms with Gasteiger partial charge in [0.05, 0.1) is 16.9 Å². The summed E-state index contributed by atoms with van der Waals surface area (Å²) in [5, 5.41) is 2.94. The molecule has 0 radical (unpaired) electrons. The predicted molar refractivity (Wildman–Crippen MR) is 148 cm³/mol. The van der Waals surface area contributed by atoms with Gasteiger partial charge in [-0.25, -0.2) is 4.98 Å². The highest BCUT2D eigenvalue weighted by atomic mass is 31.1. The number of anilines is 3. The van der Waals surface area contributed by atoms with Crippen molar-refractivity contribution < 1.29 is 9.59 Å². The van der Waals surface area contributed by atoms with E-state index in [0.29, 0.717) is 31.2 Å². The molecule has 2 aromatic carbocycles. The molecule has 3 N–H and O–H groups in total. The lowest BCUT2D eigenvalue weighted by Gasteiger charge is -2.25. The summed E-state index contributed by atoms with van der Waals surface area (Å²) in [6.45, 7) is 5.58. The molecule has 0 aliphatic carbocycles. The van der Waals surface area contributed by atoms with E-state index in [1.807, 2.05) is 65.6 Å². The van der Waals surface area contributed by atoms with Crippen molar-refractivity contribution in [1.29, 1.82) is 0 Å². The van der Waals surface area contributed by atoms with Gasteiger partial charge in [0.25, 0.3) is 5.91 Å². The number of benzene rings is 2. The molecular formula is C28H32N5O2P. The molecule has 1 spiro atoms. The van der Waals surface area contributed by atoms with E-state index in [4.69, 9.17) is 5.73 Å². The Morgan fingerprint density at radius 3 is 2.58 bits per heavy atom. The van der Waals surface area contributed by atoms with E-state index in [1.54, 1.807) is 6.20 Å². The molecule has 2 aliphatic heterocycles. The van der Waals surface area contributed by atoms with Gasteiger partial charge >= 0.3 is 0 Å². The molecule has 7 nitrogen and oxygen atoms in total. The van der Waals surface area contributed by atoms with Crippen LogP contribution in [0.4, 0.5) is 22.0 Å². The van der Waals surface area contributed by atoms with Crippen LogP contribution in [0.2, 0.25) is 0 Å². The summed E-state index contributed by atoms with van der Waals surface area (Å²) in [5.41, 5.74) is 10.2. The molecule has 3 aromatic rings. The monoisotopic (exact) mass is 501 g/mol. The first-order valence-corrected chi connectivity index (χ1v) is 13.7. The van der Waals surface area contributed by atoms with Crippen molar-refractivity contribution in [3.05, 3.63) is 72.4 Å². The van der Waals surface area contributed by atoms with Gasteiger partial charge in [-0.15, -0.1) is 0 Å². The van der Waals surface area contributed by atoms with Crippen LogP contribution in [0.1, 0.15) is 30.1 Å². The minimum absolute atomic E-state index is 0.160. The lowest BCUT2D eigenvalue weighted by Crippen LogP contribution is -2.32. The van der Waals surface area contributed by atoms with Crippen LogP contribution in [0, 0.1) is 5.41 Å². The van der Waals surface area contributed by atoms with Gasteiger partial charge in [-0.05, 0) is 63.0 Å². The van der Waals surface area contributed by atoms with Crippen LogP contribution < -0.4 is 16.0 Å². The van der Waals surface area contributed by atoms with Crippen molar-refractivity contribution in [1.82, 2.24) is 9.88 Å². The van der Waals surface area contributed by atoms with Crippen LogP contribution in [0.5, 0.6) is 0 Å².